The van der Waals surface area contributed by atoms with Crippen molar-refractivity contribution < 1.29 is 0 Å². The smallest absolute Gasteiger partial charge is 0.0824 e. The fourth-order valence-corrected chi connectivity index (χ4v) is 2.66. The zero-order valence-electron chi connectivity index (χ0n) is 10.5. The van der Waals surface area contributed by atoms with E-state index in [1.165, 1.54) is 44.2 Å². The molecule has 0 aromatic carbocycles. The van der Waals surface area contributed by atoms with Gasteiger partial charge in [0, 0.05) is 19.8 Å². The lowest BCUT2D eigenvalue weighted by molar-refractivity contribution is 0.345. The highest BCUT2D eigenvalue weighted by Gasteiger charge is 2.12. The number of nitrogens with zero attached hydrogens (tertiary/aromatic N) is 2. The van der Waals surface area contributed by atoms with E-state index in [1.54, 1.807) is 0 Å². The Morgan fingerprint density at radius 3 is 2.75 bits per heavy atom. The second kappa shape index (κ2) is 5.37. The van der Waals surface area contributed by atoms with Gasteiger partial charge in [0.2, 0.25) is 0 Å². The Kier molecular flexibility index (Phi) is 3.86. The minimum atomic E-state index is 0.957. The van der Waals surface area contributed by atoms with Crippen LogP contribution in [0.15, 0.2) is 6.20 Å². The highest BCUT2D eigenvalue weighted by atomic mass is 15.3. The molecule has 0 saturated heterocycles. The molecule has 0 bridgehead atoms. The molecule has 0 aliphatic heterocycles. The summed E-state index contributed by atoms with van der Waals surface area (Å²) in [5, 5.41) is 7.83. The van der Waals surface area contributed by atoms with Gasteiger partial charge in [-0.15, -0.1) is 0 Å². The van der Waals surface area contributed by atoms with Crippen molar-refractivity contribution in [3.05, 3.63) is 11.9 Å². The van der Waals surface area contributed by atoms with Gasteiger partial charge in [0.15, 0.2) is 0 Å². The van der Waals surface area contributed by atoms with Gasteiger partial charge in [0.25, 0.3) is 0 Å². The Balaban J connectivity index is 1.73. The molecule has 3 heteroatoms. The molecule has 1 N–H and O–H groups in total. The summed E-state index contributed by atoms with van der Waals surface area (Å²) >= 11 is 0. The lowest BCUT2D eigenvalue weighted by Gasteiger charge is -2.21. The van der Waals surface area contributed by atoms with Crippen molar-refractivity contribution in [1.29, 1.82) is 0 Å². The Hall–Kier alpha value is -0.990. The van der Waals surface area contributed by atoms with Crippen molar-refractivity contribution in [3.63, 3.8) is 0 Å². The summed E-state index contributed by atoms with van der Waals surface area (Å²) in [5.74, 6) is 0.957. The first-order valence-corrected chi connectivity index (χ1v) is 6.50. The highest BCUT2D eigenvalue weighted by Crippen LogP contribution is 2.26. The normalized spacial score (nSPS) is 17.6. The number of aromatic nitrogens is 2. The summed E-state index contributed by atoms with van der Waals surface area (Å²) in [5.41, 5.74) is 2.30. The van der Waals surface area contributed by atoms with Crippen molar-refractivity contribution in [2.75, 3.05) is 11.9 Å². The highest BCUT2D eigenvalue weighted by molar-refractivity contribution is 5.45. The number of hydrogen-bond donors (Lipinski definition) is 1. The van der Waals surface area contributed by atoms with E-state index in [4.69, 9.17) is 0 Å². The van der Waals surface area contributed by atoms with Crippen LogP contribution in [0.1, 0.15) is 44.2 Å². The Morgan fingerprint density at radius 1 is 1.38 bits per heavy atom. The van der Waals surface area contributed by atoms with E-state index in [9.17, 15) is 0 Å². The van der Waals surface area contributed by atoms with Crippen molar-refractivity contribution >= 4 is 5.69 Å². The summed E-state index contributed by atoms with van der Waals surface area (Å²) < 4.78 is 1.87. The molecule has 1 aromatic rings. The van der Waals surface area contributed by atoms with Crippen LogP contribution in [-0.4, -0.2) is 16.3 Å². The summed E-state index contributed by atoms with van der Waals surface area (Å²) in [6.45, 7) is 3.15. The van der Waals surface area contributed by atoms with E-state index in [0.717, 1.165) is 18.2 Å². The third-order valence-corrected chi connectivity index (χ3v) is 3.61. The SMILES string of the molecule is Cc1nn(C)cc1NCCC1CCCCC1. The van der Waals surface area contributed by atoms with Crippen LogP contribution in [0.5, 0.6) is 0 Å². The second-order valence-corrected chi connectivity index (χ2v) is 5.02. The molecular formula is C13H23N3. The van der Waals surface area contributed by atoms with E-state index in [1.807, 2.05) is 11.7 Å². The second-order valence-electron chi connectivity index (χ2n) is 5.02. The first-order valence-electron chi connectivity index (χ1n) is 6.50. The monoisotopic (exact) mass is 221 g/mol. The average Bonchev–Trinajstić information content (AvgIpc) is 2.59. The van der Waals surface area contributed by atoms with Gasteiger partial charge in [-0.3, -0.25) is 4.68 Å². The summed E-state index contributed by atoms with van der Waals surface area (Å²) in [6, 6.07) is 0. The van der Waals surface area contributed by atoms with Crippen molar-refractivity contribution in [1.82, 2.24) is 9.78 Å². The Labute approximate surface area is 98.2 Å². The summed E-state index contributed by atoms with van der Waals surface area (Å²) in [6.07, 6.45) is 10.6. The Bertz CT molecular complexity index is 324. The molecule has 1 aliphatic rings. The minimum Gasteiger partial charge on any atom is -0.382 e. The molecule has 0 radical (unpaired) electrons. The largest absolute Gasteiger partial charge is 0.382 e. The van der Waals surface area contributed by atoms with Gasteiger partial charge in [0.05, 0.1) is 11.4 Å². The molecule has 0 spiro atoms. The molecule has 1 heterocycles. The van der Waals surface area contributed by atoms with Crippen molar-refractivity contribution in [2.45, 2.75) is 45.4 Å². The number of aryl methyl sites for hydroxylation is 2. The maximum absolute atomic E-state index is 4.33. The quantitative estimate of drug-likeness (QED) is 0.846. The average molecular weight is 221 g/mol. The van der Waals surface area contributed by atoms with Gasteiger partial charge in [0.1, 0.15) is 0 Å². The molecule has 1 aliphatic carbocycles. The van der Waals surface area contributed by atoms with Crippen molar-refractivity contribution in [2.24, 2.45) is 13.0 Å². The predicted octanol–water partition coefficient (Wildman–Crippen LogP) is 3.11. The Morgan fingerprint density at radius 2 is 2.12 bits per heavy atom. The van der Waals surface area contributed by atoms with Gasteiger partial charge < -0.3 is 5.32 Å². The lowest BCUT2D eigenvalue weighted by atomic mass is 9.87. The molecule has 0 unspecified atom stereocenters. The van der Waals surface area contributed by atoms with Crippen LogP contribution < -0.4 is 5.32 Å². The third kappa shape index (κ3) is 3.00. The fraction of sp³-hybridized carbons (Fsp3) is 0.769. The van der Waals surface area contributed by atoms with Crippen LogP contribution in [0.4, 0.5) is 5.69 Å². The molecule has 1 fully saturated rings. The zero-order chi connectivity index (χ0) is 11.4. The number of hydrogen-bond acceptors (Lipinski definition) is 2. The maximum Gasteiger partial charge on any atom is 0.0824 e. The first-order chi connectivity index (χ1) is 7.75. The predicted molar refractivity (Wildman–Crippen MR) is 67.6 cm³/mol. The zero-order valence-corrected chi connectivity index (χ0v) is 10.5. The fourth-order valence-electron chi connectivity index (χ4n) is 2.66. The molecule has 1 saturated carbocycles. The van der Waals surface area contributed by atoms with Crippen LogP contribution in [0.25, 0.3) is 0 Å². The molecule has 90 valence electrons. The van der Waals surface area contributed by atoms with E-state index in [0.29, 0.717) is 0 Å². The summed E-state index contributed by atoms with van der Waals surface area (Å²) in [4.78, 5) is 0. The van der Waals surface area contributed by atoms with Crippen LogP contribution >= 0.6 is 0 Å². The molecule has 0 amide bonds. The van der Waals surface area contributed by atoms with Crippen LogP contribution in [0.2, 0.25) is 0 Å². The molecule has 16 heavy (non-hydrogen) atoms. The molecule has 2 rings (SSSR count). The lowest BCUT2D eigenvalue weighted by Crippen LogP contribution is -2.12. The van der Waals surface area contributed by atoms with Crippen LogP contribution in [-0.2, 0) is 7.05 Å². The van der Waals surface area contributed by atoms with Gasteiger partial charge in [-0.05, 0) is 19.3 Å². The number of anilines is 1. The molecule has 0 atom stereocenters. The number of nitrogens with one attached hydrogen (secondary N) is 1. The molecule has 3 nitrogen and oxygen atoms in total. The molecular weight excluding hydrogens is 198 g/mol. The first kappa shape index (κ1) is 11.5. The topological polar surface area (TPSA) is 29.9 Å². The van der Waals surface area contributed by atoms with E-state index in [2.05, 4.69) is 23.5 Å². The van der Waals surface area contributed by atoms with Gasteiger partial charge >= 0.3 is 0 Å². The minimum absolute atomic E-state index is 0.957. The summed E-state index contributed by atoms with van der Waals surface area (Å²) in [7, 11) is 1.97. The van der Waals surface area contributed by atoms with E-state index in [-0.39, 0.29) is 0 Å². The maximum atomic E-state index is 4.33. The molecule has 1 aromatic heterocycles. The van der Waals surface area contributed by atoms with E-state index < -0.39 is 0 Å². The van der Waals surface area contributed by atoms with Crippen molar-refractivity contribution in [3.8, 4) is 0 Å². The van der Waals surface area contributed by atoms with Crippen LogP contribution in [0.3, 0.4) is 0 Å². The van der Waals surface area contributed by atoms with Gasteiger partial charge in [-0.1, -0.05) is 32.1 Å². The van der Waals surface area contributed by atoms with E-state index >= 15 is 0 Å². The van der Waals surface area contributed by atoms with Crippen LogP contribution in [0, 0.1) is 12.8 Å². The van der Waals surface area contributed by atoms with Gasteiger partial charge in [-0.25, -0.2) is 0 Å². The van der Waals surface area contributed by atoms with Gasteiger partial charge in [-0.2, -0.15) is 5.10 Å². The third-order valence-electron chi connectivity index (χ3n) is 3.61. The standard InChI is InChI=1S/C13H23N3/c1-11-13(10-16(2)15-11)14-9-8-12-6-4-3-5-7-12/h10,12,14H,3-9H2,1-2H3. The number of rotatable bonds is 4.